The molecule has 2 rings (SSSR count). The predicted molar refractivity (Wildman–Crippen MR) is 77.3 cm³/mol. The number of halogens is 1. The van der Waals surface area contributed by atoms with Crippen molar-refractivity contribution in [3.8, 4) is 0 Å². The summed E-state index contributed by atoms with van der Waals surface area (Å²) < 4.78 is 14.0. The molecule has 0 radical (unpaired) electrons. The molecule has 0 unspecified atom stereocenters. The van der Waals surface area contributed by atoms with E-state index in [0.717, 1.165) is 18.3 Å². The minimum absolute atomic E-state index is 0.167. The van der Waals surface area contributed by atoms with Gasteiger partial charge in [-0.1, -0.05) is 0 Å². The molecular weight excluding hydrogens is 291 g/mol. The van der Waals surface area contributed by atoms with E-state index in [1.54, 1.807) is 0 Å². The molecule has 114 valence electrons. The smallest absolute Gasteiger partial charge is 0.285 e. The maximum absolute atomic E-state index is 12.8. The Labute approximate surface area is 125 Å². The monoisotopic (exact) mass is 304 g/mol. The van der Waals surface area contributed by atoms with Gasteiger partial charge in [0.2, 0.25) is 0 Å². The molecule has 1 aromatic heterocycles. The Morgan fingerprint density at radius 1 is 1.18 bits per heavy atom. The summed E-state index contributed by atoms with van der Waals surface area (Å²) in [6.07, 6.45) is 1.68. The fourth-order valence-electron chi connectivity index (χ4n) is 1.99. The van der Waals surface area contributed by atoms with Crippen LogP contribution in [0.25, 0.3) is 0 Å². The molecular formula is C15H13FN2O4. The fourth-order valence-corrected chi connectivity index (χ4v) is 1.99. The third-order valence-electron chi connectivity index (χ3n) is 3.15. The fraction of sp³-hybridized carbons (Fsp3) is 0.200. The lowest BCUT2D eigenvalue weighted by atomic mass is 10.1. The predicted octanol–water partition coefficient (Wildman–Crippen LogP) is 2.56. The lowest BCUT2D eigenvalue weighted by molar-refractivity contribution is -0.385. The van der Waals surface area contributed by atoms with Crippen LogP contribution in [0.3, 0.4) is 0 Å². The summed E-state index contributed by atoms with van der Waals surface area (Å²) in [4.78, 5) is 33.6. The van der Waals surface area contributed by atoms with Gasteiger partial charge in [0.05, 0.1) is 11.1 Å². The van der Waals surface area contributed by atoms with Crippen molar-refractivity contribution >= 4 is 11.5 Å². The molecule has 6 nitrogen and oxygen atoms in total. The number of hydrogen-bond donors (Lipinski definition) is 0. The molecule has 0 aliphatic carbocycles. The topological polar surface area (TPSA) is 82.2 Å². The van der Waals surface area contributed by atoms with Crippen LogP contribution in [0.15, 0.2) is 47.4 Å². The van der Waals surface area contributed by atoms with Crippen LogP contribution in [0.2, 0.25) is 0 Å². The first-order valence-corrected chi connectivity index (χ1v) is 6.61. The number of nitrogens with zero attached hydrogens (tertiary/aromatic N) is 2. The Kier molecular flexibility index (Phi) is 4.77. The van der Waals surface area contributed by atoms with Crippen molar-refractivity contribution in [2.24, 2.45) is 0 Å². The lowest BCUT2D eigenvalue weighted by Crippen LogP contribution is -2.19. The highest BCUT2D eigenvalue weighted by Crippen LogP contribution is 2.10. The largest absolute Gasteiger partial charge is 0.309 e. The molecule has 0 bridgehead atoms. The van der Waals surface area contributed by atoms with E-state index in [0.29, 0.717) is 12.0 Å². The van der Waals surface area contributed by atoms with E-state index in [9.17, 15) is 24.1 Å². The highest BCUT2D eigenvalue weighted by molar-refractivity contribution is 5.95. The van der Waals surface area contributed by atoms with Crippen molar-refractivity contribution in [3.63, 3.8) is 0 Å². The van der Waals surface area contributed by atoms with Crippen LogP contribution in [-0.4, -0.2) is 15.3 Å². The van der Waals surface area contributed by atoms with Gasteiger partial charge in [-0.25, -0.2) is 4.39 Å². The van der Waals surface area contributed by atoms with Gasteiger partial charge < -0.3 is 4.57 Å². The van der Waals surface area contributed by atoms with Crippen LogP contribution in [0.4, 0.5) is 10.1 Å². The standard InChI is InChI=1S/C15H13FN2O4/c16-12-5-3-11(4-6-12)14(19)2-1-9-17-10-13(18(21)22)7-8-15(17)20/h3-8,10H,1-2,9H2. The lowest BCUT2D eigenvalue weighted by Gasteiger charge is -2.05. The summed E-state index contributed by atoms with van der Waals surface area (Å²) in [6.45, 7) is 0.202. The van der Waals surface area contributed by atoms with Crippen LogP contribution in [-0.2, 0) is 6.54 Å². The second kappa shape index (κ2) is 6.75. The second-order valence-electron chi connectivity index (χ2n) is 4.71. The molecule has 0 spiro atoms. The number of ketones is 1. The molecule has 0 saturated carbocycles. The average molecular weight is 304 g/mol. The maximum Gasteiger partial charge on any atom is 0.285 e. The number of aryl methyl sites for hydroxylation is 1. The molecule has 22 heavy (non-hydrogen) atoms. The van der Waals surface area contributed by atoms with Crippen molar-refractivity contribution in [2.45, 2.75) is 19.4 Å². The van der Waals surface area contributed by atoms with Gasteiger partial charge in [-0.05, 0) is 30.7 Å². The number of pyridine rings is 1. The Hall–Kier alpha value is -2.83. The van der Waals surface area contributed by atoms with E-state index in [4.69, 9.17) is 0 Å². The van der Waals surface area contributed by atoms with Crippen LogP contribution in [0, 0.1) is 15.9 Å². The normalized spacial score (nSPS) is 10.4. The molecule has 1 aromatic carbocycles. The Bertz CT molecular complexity index is 753. The summed E-state index contributed by atoms with van der Waals surface area (Å²) in [7, 11) is 0. The highest BCUT2D eigenvalue weighted by atomic mass is 19.1. The van der Waals surface area contributed by atoms with E-state index >= 15 is 0 Å². The van der Waals surface area contributed by atoms with Gasteiger partial charge in [0.25, 0.3) is 11.2 Å². The number of rotatable bonds is 6. The first kappa shape index (κ1) is 15.6. The van der Waals surface area contributed by atoms with Crippen molar-refractivity contribution < 1.29 is 14.1 Å². The van der Waals surface area contributed by atoms with Crippen molar-refractivity contribution in [3.05, 3.63) is 74.4 Å². The number of benzene rings is 1. The minimum Gasteiger partial charge on any atom is -0.309 e. The maximum atomic E-state index is 12.8. The zero-order valence-corrected chi connectivity index (χ0v) is 11.6. The third kappa shape index (κ3) is 3.85. The quantitative estimate of drug-likeness (QED) is 0.466. The van der Waals surface area contributed by atoms with Crippen molar-refractivity contribution in [1.82, 2.24) is 4.57 Å². The number of nitro groups is 1. The van der Waals surface area contributed by atoms with Crippen LogP contribution >= 0.6 is 0 Å². The molecule has 0 atom stereocenters. The first-order valence-electron chi connectivity index (χ1n) is 6.61. The zero-order valence-electron chi connectivity index (χ0n) is 11.6. The van der Waals surface area contributed by atoms with Crippen LogP contribution in [0.1, 0.15) is 23.2 Å². The molecule has 0 saturated heterocycles. The second-order valence-corrected chi connectivity index (χ2v) is 4.71. The van der Waals surface area contributed by atoms with E-state index in [1.165, 1.54) is 28.8 Å². The van der Waals surface area contributed by atoms with Crippen molar-refractivity contribution in [2.75, 3.05) is 0 Å². The Morgan fingerprint density at radius 2 is 1.86 bits per heavy atom. The van der Waals surface area contributed by atoms with Crippen LogP contribution in [0.5, 0.6) is 0 Å². The number of aromatic nitrogens is 1. The van der Waals surface area contributed by atoms with E-state index in [2.05, 4.69) is 0 Å². The molecule has 7 heteroatoms. The van der Waals surface area contributed by atoms with Gasteiger partial charge in [-0.3, -0.25) is 19.7 Å². The summed E-state index contributed by atoms with van der Waals surface area (Å²) in [5.41, 5.74) is -0.142. The van der Waals surface area contributed by atoms with Crippen molar-refractivity contribution in [1.29, 1.82) is 0 Å². The SMILES string of the molecule is O=C(CCCn1cc([N+](=O)[O-])ccc1=O)c1ccc(F)cc1. The van der Waals surface area contributed by atoms with Gasteiger partial charge in [0.1, 0.15) is 5.82 Å². The molecule has 0 aliphatic heterocycles. The van der Waals surface area contributed by atoms with E-state index < -0.39 is 10.7 Å². The number of carbonyl (C=O) groups is 1. The summed E-state index contributed by atoms with van der Waals surface area (Å²) in [6, 6.07) is 7.48. The highest BCUT2D eigenvalue weighted by Gasteiger charge is 2.09. The molecule has 1 heterocycles. The van der Waals surface area contributed by atoms with E-state index in [1.807, 2.05) is 0 Å². The Morgan fingerprint density at radius 3 is 2.50 bits per heavy atom. The molecule has 0 amide bonds. The third-order valence-corrected chi connectivity index (χ3v) is 3.15. The summed E-state index contributed by atoms with van der Waals surface area (Å²) >= 11 is 0. The van der Waals surface area contributed by atoms with Gasteiger partial charge in [-0.15, -0.1) is 0 Å². The average Bonchev–Trinajstić information content (AvgIpc) is 2.49. The van der Waals surface area contributed by atoms with Gasteiger partial charge in [0, 0.05) is 30.7 Å². The van der Waals surface area contributed by atoms with Crippen LogP contribution < -0.4 is 5.56 Å². The number of Topliss-reactive ketones (excluding diaryl/α,β-unsaturated/α-hetero) is 1. The molecule has 0 N–H and O–H groups in total. The Balaban J connectivity index is 1.97. The van der Waals surface area contributed by atoms with E-state index in [-0.39, 0.29) is 30.0 Å². The zero-order chi connectivity index (χ0) is 16.1. The molecule has 2 aromatic rings. The van der Waals surface area contributed by atoms with Gasteiger partial charge in [0.15, 0.2) is 5.78 Å². The van der Waals surface area contributed by atoms with Gasteiger partial charge in [-0.2, -0.15) is 0 Å². The number of hydrogen-bond acceptors (Lipinski definition) is 4. The summed E-state index contributed by atoms with van der Waals surface area (Å²) in [5.74, 6) is -0.585. The molecule has 0 fully saturated rings. The number of carbonyl (C=O) groups excluding carboxylic acids is 1. The molecule has 0 aliphatic rings. The minimum atomic E-state index is -0.584. The first-order chi connectivity index (χ1) is 10.5. The summed E-state index contributed by atoms with van der Waals surface area (Å²) in [5, 5.41) is 10.7. The van der Waals surface area contributed by atoms with Gasteiger partial charge >= 0.3 is 0 Å².